The van der Waals surface area contributed by atoms with Gasteiger partial charge in [0.25, 0.3) is 0 Å². The van der Waals surface area contributed by atoms with Crippen molar-refractivity contribution in [2.75, 3.05) is 13.1 Å². The average molecular weight is 257 g/mol. The van der Waals surface area contributed by atoms with Gasteiger partial charge in [0.1, 0.15) is 0 Å². The van der Waals surface area contributed by atoms with Crippen LogP contribution in [0.4, 0.5) is 0 Å². The molecule has 1 N–H and O–H groups in total. The molecular formula is C15H19N3O. The van der Waals surface area contributed by atoms with Gasteiger partial charge in [0.15, 0.2) is 0 Å². The number of aromatic nitrogens is 2. The fourth-order valence-electron chi connectivity index (χ4n) is 2.46. The first-order chi connectivity index (χ1) is 9.24. The lowest BCUT2D eigenvalue weighted by Crippen LogP contribution is -2.28. The van der Waals surface area contributed by atoms with Crippen LogP contribution in [0.1, 0.15) is 35.8 Å². The van der Waals surface area contributed by atoms with Crippen molar-refractivity contribution >= 4 is 0 Å². The first-order valence-corrected chi connectivity index (χ1v) is 6.86. The molecule has 0 saturated carbocycles. The van der Waals surface area contributed by atoms with E-state index >= 15 is 0 Å². The molecule has 19 heavy (non-hydrogen) atoms. The summed E-state index contributed by atoms with van der Waals surface area (Å²) in [6.07, 6.45) is 2.30. The highest BCUT2D eigenvalue weighted by atomic mass is 16.5. The lowest BCUT2D eigenvalue weighted by molar-refractivity contribution is 0.322. The SMILES string of the molecule is Cc1ccc(-c2noc(C3CCCNC3)n2)cc1C. The van der Waals surface area contributed by atoms with Crippen molar-refractivity contribution in [1.29, 1.82) is 0 Å². The molecule has 1 aliphatic heterocycles. The van der Waals surface area contributed by atoms with Crippen LogP contribution in [0.15, 0.2) is 22.7 Å². The molecule has 1 fully saturated rings. The van der Waals surface area contributed by atoms with Crippen LogP contribution in [-0.2, 0) is 0 Å². The standard InChI is InChI=1S/C15H19N3O/c1-10-5-6-12(8-11(10)2)14-17-15(19-18-14)13-4-3-7-16-9-13/h5-6,8,13,16H,3-4,7,9H2,1-2H3. The van der Waals surface area contributed by atoms with Gasteiger partial charge in [-0.05, 0) is 50.4 Å². The summed E-state index contributed by atoms with van der Waals surface area (Å²) in [4.78, 5) is 4.56. The number of rotatable bonds is 2. The van der Waals surface area contributed by atoms with Gasteiger partial charge in [-0.3, -0.25) is 0 Å². The molecule has 0 amide bonds. The summed E-state index contributed by atoms with van der Waals surface area (Å²) in [5.41, 5.74) is 3.56. The summed E-state index contributed by atoms with van der Waals surface area (Å²) in [5, 5.41) is 7.49. The van der Waals surface area contributed by atoms with Crippen LogP contribution >= 0.6 is 0 Å². The van der Waals surface area contributed by atoms with Crippen LogP contribution in [0.2, 0.25) is 0 Å². The van der Waals surface area contributed by atoms with Crippen LogP contribution in [-0.4, -0.2) is 23.2 Å². The Hall–Kier alpha value is -1.68. The Kier molecular flexibility index (Phi) is 3.34. The molecule has 2 heterocycles. The Balaban J connectivity index is 1.85. The van der Waals surface area contributed by atoms with Crippen molar-refractivity contribution in [1.82, 2.24) is 15.5 Å². The van der Waals surface area contributed by atoms with Gasteiger partial charge >= 0.3 is 0 Å². The summed E-state index contributed by atoms with van der Waals surface area (Å²) in [5.74, 6) is 1.82. The third-order valence-electron chi connectivity index (χ3n) is 3.85. The first kappa shape index (κ1) is 12.4. The maximum Gasteiger partial charge on any atom is 0.231 e. The van der Waals surface area contributed by atoms with Crippen molar-refractivity contribution in [2.24, 2.45) is 0 Å². The lowest BCUT2D eigenvalue weighted by atomic mass is 10.00. The topological polar surface area (TPSA) is 51.0 Å². The van der Waals surface area contributed by atoms with Gasteiger partial charge in [0.05, 0.1) is 5.92 Å². The van der Waals surface area contributed by atoms with E-state index in [4.69, 9.17) is 4.52 Å². The number of nitrogens with zero attached hydrogens (tertiary/aromatic N) is 2. The molecule has 4 nitrogen and oxygen atoms in total. The fraction of sp³-hybridized carbons (Fsp3) is 0.467. The minimum atomic E-state index is 0.363. The number of nitrogens with one attached hydrogen (secondary N) is 1. The third-order valence-corrected chi connectivity index (χ3v) is 3.85. The first-order valence-electron chi connectivity index (χ1n) is 6.86. The van der Waals surface area contributed by atoms with Gasteiger partial charge in [0, 0.05) is 12.1 Å². The highest BCUT2D eigenvalue weighted by Crippen LogP contribution is 2.25. The molecule has 0 aliphatic carbocycles. The van der Waals surface area contributed by atoms with E-state index in [0.29, 0.717) is 11.7 Å². The van der Waals surface area contributed by atoms with E-state index in [1.165, 1.54) is 17.5 Å². The second-order valence-corrected chi connectivity index (χ2v) is 5.30. The molecule has 1 atom stereocenters. The van der Waals surface area contributed by atoms with Crippen molar-refractivity contribution in [3.63, 3.8) is 0 Å². The highest BCUT2D eigenvalue weighted by molar-refractivity contribution is 5.56. The van der Waals surface area contributed by atoms with Crippen molar-refractivity contribution in [3.8, 4) is 11.4 Å². The molecule has 100 valence electrons. The van der Waals surface area contributed by atoms with E-state index in [2.05, 4.69) is 47.5 Å². The molecule has 1 aromatic carbocycles. The van der Waals surface area contributed by atoms with Gasteiger partial charge in [-0.25, -0.2) is 0 Å². The van der Waals surface area contributed by atoms with Gasteiger partial charge in [0.2, 0.25) is 11.7 Å². The minimum absolute atomic E-state index is 0.363. The Bertz CT molecular complexity index is 571. The van der Waals surface area contributed by atoms with Gasteiger partial charge in [-0.2, -0.15) is 4.98 Å². The second kappa shape index (κ2) is 5.13. The summed E-state index contributed by atoms with van der Waals surface area (Å²) in [7, 11) is 0. The monoisotopic (exact) mass is 257 g/mol. The normalized spacial score (nSPS) is 19.6. The molecule has 0 radical (unpaired) electrons. The van der Waals surface area contributed by atoms with Crippen LogP contribution in [0.5, 0.6) is 0 Å². The van der Waals surface area contributed by atoms with E-state index in [1.54, 1.807) is 0 Å². The third kappa shape index (κ3) is 2.54. The Morgan fingerprint density at radius 3 is 2.89 bits per heavy atom. The predicted octanol–water partition coefficient (Wildman–Crippen LogP) is 2.82. The number of benzene rings is 1. The smallest absolute Gasteiger partial charge is 0.231 e. The van der Waals surface area contributed by atoms with E-state index in [9.17, 15) is 0 Å². The van der Waals surface area contributed by atoms with Gasteiger partial charge in [-0.15, -0.1) is 0 Å². The summed E-state index contributed by atoms with van der Waals surface area (Å²) in [6, 6.07) is 6.27. The zero-order chi connectivity index (χ0) is 13.2. The Morgan fingerprint density at radius 1 is 1.26 bits per heavy atom. The zero-order valence-electron chi connectivity index (χ0n) is 11.4. The molecule has 4 heteroatoms. The summed E-state index contributed by atoms with van der Waals surface area (Å²) in [6.45, 7) is 6.24. The van der Waals surface area contributed by atoms with Crippen LogP contribution < -0.4 is 5.32 Å². The van der Waals surface area contributed by atoms with E-state index < -0.39 is 0 Å². The van der Waals surface area contributed by atoms with Gasteiger partial charge in [-0.1, -0.05) is 17.3 Å². The second-order valence-electron chi connectivity index (χ2n) is 5.30. The van der Waals surface area contributed by atoms with Crippen molar-refractivity contribution in [3.05, 3.63) is 35.2 Å². The molecule has 1 aliphatic rings. The molecular weight excluding hydrogens is 238 g/mol. The van der Waals surface area contributed by atoms with Crippen LogP contribution in [0, 0.1) is 13.8 Å². The fourth-order valence-corrected chi connectivity index (χ4v) is 2.46. The van der Waals surface area contributed by atoms with Crippen LogP contribution in [0.25, 0.3) is 11.4 Å². The zero-order valence-corrected chi connectivity index (χ0v) is 11.4. The number of hydrogen-bond donors (Lipinski definition) is 1. The summed E-state index contributed by atoms with van der Waals surface area (Å²) >= 11 is 0. The van der Waals surface area contributed by atoms with Crippen molar-refractivity contribution < 1.29 is 4.52 Å². The maximum absolute atomic E-state index is 5.43. The average Bonchev–Trinajstić information content (AvgIpc) is 2.93. The highest BCUT2D eigenvalue weighted by Gasteiger charge is 2.21. The van der Waals surface area contributed by atoms with E-state index in [1.807, 2.05) is 0 Å². The quantitative estimate of drug-likeness (QED) is 0.898. The van der Waals surface area contributed by atoms with Gasteiger partial charge < -0.3 is 9.84 Å². The molecule has 1 unspecified atom stereocenters. The Morgan fingerprint density at radius 2 is 2.16 bits per heavy atom. The molecule has 2 aromatic rings. The number of aryl methyl sites for hydroxylation is 2. The van der Waals surface area contributed by atoms with E-state index in [0.717, 1.165) is 31.0 Å². The predicted molar refractivity (Wildman–Crippen MR) is 74.1 cm³/mol. The van der Waals surface area contributed by atoms with Crippen LogP contribution in [0.3, 0.4) is 0 Å². The van der Waals surface area contributed by atoms with E-state index in [-0.39, 0.29) is 0 Å². The van der Waals surface area contributed by atoms with Crippen molar-refractivity contribution in [2.45, 2.75) is 32.6 Å². The molecule has 0 bridgehead atoms. The maximum atomic E-state index is 5.43. The number of piperidine rings is 1. The molecule has 1 saturated heterocycles. The largest absolute Gasteiger partial charge is 0.339 e. The minimum Gasteiger partial charge on any atom is -0.339 e. The number of hydrogen-bond acceptors (Lipinski definition) is 4. The molecule has 3 rings (SSSR count). The lowest BCUT2D eigenvalue weighted by Gasteiger charge is -2.18. The summed E-state index contributed by atoms with van der Waals surface area (Å²) < 4.78 is 5.43. The molecule has 0 spiro atoms. The Labute approximate surface area is 113 Å². The molecule has 1 aromatic heterocycles.